The van der Waals surface area contributed by atoms with Crippen molar-refractivity contribution in [3.63, 3.8) is 0 Å². The third-order valence-electron chi connectivity index (χ3n) is 2.22. The Morgan fingerprint density at radius 2 is 2.06 bits per heavy atom. The number of nitrogens with one attached hydrogen (secondary N) is 1. The molecule has 1 aromatic carbocycles. The van der Waals surface area contributed by atoms with Crippen molar-refractivity contribution in [2.75, 3.05) is 16.8 Å². The van der Waals surface area contributed by atoms with Gasteiger partial charge in [-0.2, -0.15) is 0 Å². The number of rotatable bonds is 6. The van der Waals surface area contributed by atoms with Gasteiger partial charge in [-0.25, -0.2) is 0 Å². The predicted octanol–water partition coefficient (Wildman–Crippen LogP) is 1.76. The van der Waals surface area contributed by atoms with E-state index in [9.17, 15) is 9.00 Å². The molecule has 1 rings (SSSR count). The zero-order valence-electron chi connectivity index (χ0n) is 10.2. The van der Waals surface area contributed by atoms with Gasteiger partial charge in [-0.1, -0.05) is 11.6 Å². The fourth-order valence-electron chi connectivity index (χ4n) is 1.27. The van der Waals surface area contributed by atoms with E-state index < -0.39 is 10.8 Å². The van der Waals surface area contributed by atoms with Crippen LogP contribution in [0.25, 0.3) is 0 Å². The molecule has 6 heteroatoms. The van der Waals surface area contributed by atoms with Crippen LogP contribution < -0.4 is 11.1 Å². The van der Waals surface area contributed by atoms with E-state index in [1.54, 1.807) is 24.3 Å². The molecule has 0 radical (unpaired) electrons. The lowest BCUT2D eigenvalue weighted by Crippen LogP contribution is -2.23. The highest BCUT2D eigenvalue weighted by Gasteiger charge is 2.09. The molecule has 0 saturated heterocycles. The predicted molar refractivity (Wildman–Crippen MR) is 76.2 cm³/mol. The Kier molecular flexibility index (Phi) is 6.32. The van der Waals surface area contributed by atoms with Gasteiger partial charge in [0.15, 0.2) is 0 Å². The first kappa shape index (κ1) is 15.1. The zero-order chi connectivity index (χ0) is 13.5. The number of nitrogens with two attached hydrogens (primary N) is 1. The highest BCUT2D eigenvalue weighted by atomic mass is 35.5. The molecule has 1 aromatic rings. The Labute approximate surface area is 114 Å². The van der Waals surface area contributed by atoms with Crippen LogP contribution in [0.5, 0.6) is 0 Å². The van der Waals surface area contributed by atoms with Crippen molar-refractivity contribution in [3.8, 4) is 0 Å². The van der Waals surface area contributed by atoms with Gasteiger partial charge >= 0.3 is 0 Å². The highest BCUT2D eigenvalue weighted by molar-refractivity contribution is 7.85. The highest BCUT2D eigenvalue weighted by Crippen LogP contribution is 2.13. The number of carbonyl (C=O) groups excluding carboxylic acids is 1. The molecule has 18 heavy (non-hydrogen) atoms. The molecule has 0 aromatic heterocycles. The quantitative estimate of drug-likeness (QED) is 0.838. The van der Waals surface area contributed by atoms with Gasteiger partial charge in [-0.05, 0) is 37.6 Å². The molecule has 1 amide bonds. The van der Waals surface area contributed by atoms with Crippen molar-refractivity contribution in [1.29, 1.82) is 0 Å². The van der Waals surface area contributed by atoms with Crippen LogP contribution in [0, 0.1) is 0 Å². The second-order valence-electron chi connectivity index (χ2n) is 4.11. The third kappa shape index (κ3) is 6.14. The van der Waals surface area contributed by atoms with E-state index in [0.717, 1.165) is 0 Å². The molecular weight excluding hydrogens is 272 g/mol. The van der Waals surface area contributed by atoms with Gasteiger partial charge in [-0.15, -0.1) is 0 Å². The Morgan fingerprint density at radius 3 is 2.61 bits per heavy atom. The average molecular weight is 289 g/mol. The summed E-state index contributed by atoms with van der Waals surface area (Å²) >= 11 is 5.73. The largest absolute Gasteiger partial charge is 0.328 e. The lowest BCUT2D eigenvalue weighted by Gasteiger charge is -2.06. The summed E-state index contributed by atoms with van der Waals surface area (Å²) in [5.41, 5.74) is 6.21. The monoisotopic (exact) mass is 288 g/mol. The molecule has 0 aliphatic heterocycles. The van der Waals surface area contributed by atoms with Gasteiger partial charge in [0.25, 0.3) is 0 Å². The van der Waals surface area contributed by atoms with Gasteiger partial charge in [0.2, 0.25) is 5.91 Å². The molecule has 0 bridgehead atoms. The molecule has 2 unspecified atom stereocenters. The topological polar surface area (TPSA) is 72.2 Å². The number of carbonyl (C=O) groups is 1. The average Bonchev–Trinajstić information content (AvgIpc) is 2.29. The summed E-state index contributed by atoms with van der Waals surface area (Å²) in [5.74, 6) is 0.182. The second-order valence-corrected chi connectivity index (χ2v) is 6.12. The minimum Gasteiger partial charge on any atom is -0.328 e. The maximum absolute atomic E-state index is 11.6. The van der Waals surface area contributed by atoms with Crippen molar-refractivity contribution in [2.45, 2.75) is 19.4 Å². The van der Waals surface area contributed by atoms with Crippen LogP contribution in [-0.4, -0.2) is 27.7 Å². The molecule has 2 atom stereocenters. The van der Waals surface area contributed by atoms with Gasteiger partial charge in [0.1, 0.15) is 5.75 Å². The molecular formula is C12H17ClN2O2S. The van der Waals surface area contributed by atoms with Crippen molar-refractivity contribution in [3.05, 3.63) is 29.3 Å². The van der Waals surface area contributed by atoms with Crippen molar-refractivity contribution < 1.29 is 9.00 Å². The van der Waals surface area contributed by atoms with E-state index in [1.807, 2.05) is 6.92 Å². The van der Waals surface area contributed by atoms with Gasteiger partial charge in [0.05, 0.1) is 0 Å². The van der Waals surface area contributed by atoms with Crippen LogP contribution >= 0.6 is 11.6 Å². The van der Waals surface area contributed by atoms with Crippen LogP contribution in [0.4, 0.5) is 5.69 Å². The van der Waals surface area contributed by atoms with Crippen LogP contribution in [0.3, 0.4) is 0 Å². The first-order chi connectivity index (χ1) is 8.47. The third-order valence-corrected chi connectivity index (χ3v) is 3.75. The van der Waals surface area contributed by atoms with Crippen molar-refractivity contribution in [1.82, 2.24) is 0 Å². The summed E-state index contributed by atoms with van der Waals surface area (Å²) in [6.07, 6.45) is 0.654. The zero-order valence-corrected chi connectivity index (χ0v) is 11.8. The first-order valence-electron chi connectivity index (χ1n) is 5.63. The first-order valence-corrected chi connectivity index (χ1v) is 7.50. The fourth-order valence-corrected chi connectivity index (χ4v) is 2.54. The number of benzene rings is 1. The minimum atomic E-state index is -1.17. The van der Waals surface area contributed by atoms with Crippen LogP contribution in [-0.2, 0) is 15.6 Å². The van der Waals surface area contributed by atoms with E-state index in [0.29, 0.717) is 22.9 Å². The molecule has 100 valence electrons. The molecule has 0 fully saturated rings. The summed E-state index contributed by atoms with van der Waals surface area (Å²) in [5, 5.41) is 3.27. The number of amides is 1. The van der Waals surface area contributed by atoms with Crippen molar-refractivity contribution >= 4 is 34.0 Å². The molecule has 0 saturated carbocycles. The van der Waals surface area contributed by atoms with Gasteiger partial charge < -0.3 is 11.1 Å². The number of hydrogen-bond acceptors (Lipinski definition) is 3. The molecule has 3 N–H and O–H groups in total. The number of anilines is 1. The van der Waals surface area contributed by atoms with E-state index in [2.05, 4.69) is 5.32 Å². The molecule has 0 spiro atoms. The summed E-state index contributed by atoms with van der Waals surface area (Å²) in [4.78, 5) is 11.6. The SMILES string of the molecule is CC(N)CCS(=O)CC(=O)Nc1ccc(Cl)cc1. The summed E-state index contributed by atoms with van der Waals surface area (Å²) in [6, 6.07) is 6.78. The maximum Gasteiger partial charge on any atom is 0.236 e. The summed E-state index contributed by atoms with van der Waals surface area (Å²) in [6.45, 7) is 1.85. The van der Waals surface area contributed by atoms with E-state index in [1.165, 1.54) is 0 Å². The summed E-state index contributed by atoms with van der Waals surface area (Å²) in [7, 11) is -1.17. The second kappa shape index (κ2) is 7.51. The van der Waals surface area contributed by atoms with Crippen molar-refractivity contribution in [2.24, 2.45) is 5.73 Å². The Morgan fingerprint density at radius 1 is 1.44 bits per heavy atom. The lowest BCUT2D eigenvalue weighted by atomic mass is 10.3. The molecule has 0 aliphatic rings. The van der Waals surface area contributed by atoms with E-state index >= 15 is 0 Å². The fraction of sp³-hybridized carbons (Fsp3) is 0.417. The molecule has 0 heterocycles. The van der Waals surface area contributed by atoms with Gasteiger partial charge in [-0.3, -0.25) is 9.00 Å². The van der Waals surface area contributed by atoms with E-state index in [-0.39, 0.29) is 17.7 Å². The van der Waals surface area contributed by atoms with Gasteiger partial charge in [0, 0.05) is 33.3 Å². The lowest BCUT2D eigenvalue weighted by molar-refractivity contribution is -0.113. The Balaban J connectivity index is 2.37. The Bertz CT molecular complexity index is 421. The van der Waals surface area contributed by atoms with E-state index in [4.69, 9.17) is 17.3 Å². The Hall–Kier alpha value is -0.910. The standard InChI is InChI=1S/C12H17ClN2O2S/c1-9(14)6-7-18(17)8-12(16)15-11-4-2-10(13)3-5-11/h2-5,9H,6-8,14H2,1H3,(H,15,16). The van der Waals surface area contributed by atoms with Crippen LogP contribution in [0.1, 0.15) is 13.3 Å². The van der Waals surface area contributed by atoms with Crippen LogP contribution in [0.2, 0.25) is 5.02 Å². The van der Waals surface area contributed by atoms with Crippen LogP contribution in [0.15, 0.2) is 24.3 Å². The normalized spacial score (nSPS) is 13.9. The number of hydrogen-bond donors (Lipinski definition) is 2. The number of halogens is 1. The molecule has 4 nitrogen and oxygen atoms in total. The summed E-state index contributed by atoms with van der Waals surface area (Å²) < 4.78 is 11.6. The minimum absolute atomic E-state index is 0.00462. The maximum atomic E-state index is 11.6. The smallest absolute Gasteiger partial charge is 0.236 e. The molecule has 0 aliphatic carbocycles.